The number of likely N-dealkylation sites (tertiary alicyclic amines) is 1. The van der Waals surface area contributed by atoms with E-state index in [1.807, 2.05) is 4.90 Å². The van der Waals surface area contributed by atoms with Crippen LogP contribution in [-0.2, 0) is 11.3 Å². The largest absolute Gasteiger partial charge is 0.353 e. The fourth-order valence-electron chi connectivity index (χ4n) is 3.46. The van der Waals surface area contributed by atoms with Crippen LogP contribution in [0.15, 0.2) is 12.5 Å². The fraction of sp³-hybridized carbons (Fsp3) is 0.625. The van der Waals surface area contributed by atoms with Crippen LogP contribution in [-0.4, -0.2) is 81.8 Å². The van der Waals surface area contributed by atoms with Gasteiger partial charge in [0, 0.05) is 39.3 Å². The van der Waals surface area contributed by atoms with Crippen LogP contribution in [0.25, 0.3) is 11.0 Å². The number of nitrogens with zero attached hydrogens (tertiary/aromatic N) is 7. The molecule has 4 rings (SSSR count). The minimum atomic E-state index is 0.122. The van der Waals surface area contributed by atoms with Gasteiger partial charge in [-0.15, -0.1) is 0 Å². The van der Waals surface area contributed by atoms with Gasteiger partial charge in [0.1, 0.15) is 18.7 Å². The number of rotatable bonds is 3. The lowest BCUT2D eigenvalue weighted by Crippen LogP contribution is -2.44. The van der Waals surface area contributed by atoms with Gasteiger partial charge in [-0.1, -0.05) is 0 Å². The van der Waals surface area contributed by atoms with Crippen molar-refractivity contribution < 1.29 is 4.79 Å². The molecule has 8 heteroatoms. The molecule has 0 spiro atoms. The van der Waals surface area contributed by atoms with Gasteiger partial charge >= 0.3 is 0 Å². The third kappa shape index (κ3) is 2.82. The quantitative estimate of drug-likeness (QED) is 0.801. The Kier molecular flexibility index (Phi) is 4.05. The maximum atomic E-state index is 12.4. The molecular weight excluding hydrogens is 306 g/mol. The van der Waals surface area contributed by atoms with E-state index in [0.717, 1.165) is 69.0 Å². The van der Waals surface area contributed by atoms with E-state index in [-0.39, 0.29) is 12.5 Å². The lowest BCUT2D eigenvalue weighted by Gasteiger charge is -2.33. The predicted octanol–water partition coefficient (Wildman–Crippen LogP) is 0.201. The Morgan fingerprint density at radius 3 is 2.58 bits per heavy atom. The minimum Gasteiger partial charge on any atom is -0.353 e. The highest BCUT2D eigenvalue weighted by Gasteiger charge is 2.22. The molecule has 0 aromatic carbocycles. The molecule has 2 aliphatic heterocycles. The van der Waals surface area contributed by atoms with Crippen molar-refractivity contribution in [3.05, 3.63) is 12.5 Å². The number of likely N-dealkylation sites (N-methyl/N-ethyl adjacent to an activating group) is 1. The number of hydrogen-bond donors (Lipinski definition) is 0. The Balaban J connectivity index is 1.58. The Hall–Kier alpha value is -2.22. The van der Waals surface area contributed by atoms with Crippen LogP contribution in [0.2, 0.25) is 0 Å². The fourth-order valence-corrected chi connectivity index (χ4v) is 3.46. The number of hydrogen-bond acceptors (Lipinski definition) is 6. The van der Waals surface area contributed by atoms with Crippen LogP contribution in [0.1, 0.15) is 12.8 Å². The molecule has 128 valence electrons. The number of anilines is 1. The monoisotopic (exact) mass is 329 g/mol. The standard InChI is InChI=1S/C16H23N7O/c1-20-6-8-22(9-7-20)15-13-10-19-23(16(13)18-12-17-15)11-14(24)21-4-2-3-5-21/h10,12H,2-9,11H2,1H3. The lowest BCUT2D eigenvalue weighted by molar-refractivity contribution is -0.130. The van der Waals surface area contributed by atoms with E-state index in [1.54, 1.807) is 17.2 Å². The minimum absolute atomic E-state index is 0.122. The number of carbonyl (C=O) groups excluding carboxylic acids is 1. The summed E-state index contributed by atoms with van der Waals surface area (Å²) in [6, 6.07) is 0. The Bertz CT molecular complexity index is 729. The molecule has 0 atom stereocenters. The molecule has 0 unspecified atom stereocenters. The van der Waals surface area contributed by atoms with Crippen molar-refractivity contribution in [3.8, 4) is 0 Å². The molecule has 8 nitrogen and oxygen atoms in total. The van der Waals surface area contributed by atoms with Crippen molar-refractivity contribution in [2.24, 2.45) is 0 Å². The highest BCUT2D eigenvalue weighted by molar-refractivity contribution is 5.88. The van der Waals surface area contributed by atoms with Crippen molar-refractivity contribution in [2.75, 3.05) is 51.2 Å². The summed E-state index contributed by atoms with van der Waals surface area (Å²) < 4.78 is 1.71. The molecule has 2 saturated heterocycles. The van der Waals surface area contributed by atoms with Crippen LogP contribution in [0, 0.1) is 0 Å². The van der Waals surface area contributed by atoms with Crippen LogP contribution in [0.3, 0.4) is 0 Å². The lowest BCUT2D eigenvalue weighted by atomic mass is 10.3. The number of aromatic nitrogens is 4. The normalized spacial score (nSPS) is 19.4. The van der Waals surface area contributed by atoms with Gasteiger partial charge in [0.15, 0.2) is 5.65 Å². The van der Waals surface area contributed by atoms with Crippen LogP contribution in [0.4, 0.5) is 5.82 Å². The summed E-state index contributed by atoms with van der Waals surface area (Å²) in [6.07, 6.45) is 5.57. The number of amides is 1. The van der Waals surface area contributed by atoms with Crippen molar-refractivity contribution in [2.45, 2.75) is 19.4 Å². The molecule has 1 amide bonds. The summed E-state index contributed by atoms with van der Waals surface area (Å²) in [5.74, 6) is 1.05. The van der Waals surface area contributed by atoms with Gasteiger partial charge in [0.25, 0.3) is 0 Å². The number of fused-ring (bicyclic) bond motifs is 1. The van der Waals surface area contributed by atoms with E-state index in [0.29, 0.717) is 0 Å². The maximum absolute atomic E-state index is 12.4. The summed E-state index contributed by atoms with van der Waals surface area (Å²) in [4.78, 5) is 27.7. The van der Waals surface area contributed by atoms with E-state index in [4.69, 9.17) is 0 Å². The van der Waals surface area contributed by atoms with E-state index < -0.39 is 0 Å². The molecule has 2 fully saturated rings. The van der Waals surface area contributed by atoms with E-state index in [1.165, 1.54) is 0 Å². The van der Waals surface area contributed by atoms with Gasteiger partial charge in [-0.2, -0.15) is 5.10 Å². The van der Waals surface area contributed by atoms with Gasteiger partial charge in [-0.05, 0) is 19.9 Å². The summed E-state index contributed by atoms with van der Waals surface area (Å²) in [5.41, 5.74) is 0.742. The average molecular weight is 329 g/mol. The molecule has 2 aromatic rings. The molecular formula is C16H23N7O. The Labute approximate surface area is 141 Å². The topological polar surface area (TPSA) is 70.4 Å². The smallest absolute Gasteiger partial charge is 0.244 e. The SMILES string of the molecule is CN1CCN(c2ncnc3c2cnn3CC(=O)N2CCCC2)CC1. The Morgan fingerprint density at radius 1 is 1.08 bits per heavy atom. The van der Waals surface area contributed by atoms with Crippen molar-refractivity contribution in [1.29, 1.82) is 0 Å². The summed E-state index contributed by atoms with van der Waals surface area (Å²) in [6.45, 7) is 5.91. The second kappa shape index (κ2) is 6.35. The number of carbonyl (C=O) groups is 1. The van der Waals surface area contributed by atoms with Crippen LogP contribution >= 0.6 is 0 Å². The van der Waals surface area contributed by atoms with Gasteiger partial charge in [0.05, 0.1) is 11.6 Å². The number of piperazine rings is 1. The highest BCUT2D eigenvalue weighted by Crippen LogP contribution is 2.23. The van der Waals surface area contributed by atoms with Gasteiger partial charge in [-0.25, -0.2) is 14.6 Å². The van der Waals surface area contributed by atoms with E-state index in [9.17, 15) is 4.79 Å². The van der Waals surface area contributed by atoms with Gasteiger partial charge in [0.2, 0.25) is 5.91 Å². The second-order valence-corrected chi connectivity index (χ2v) is 6.61. The maximum Gasteiger partial charge on any atom is 0.244 e. The van der Waals surface area contributed by atoms with Gasteiger partial charge < -0.3 is 14.7 Å². The van der Waals surface area contributed by atoms with Crippen LogP contribution < -0.4 is 4.90 Å². The molecule has 0 bridgehead atoms. The summed E-state index contributed by atoms with van der Waals surface area (Å²) in [5, 5.41) is 5.33. The first-order valence-electron chi connectivity index (χ1n) is 8.60. The zero-order valence-electron chi connectivity index (χ0n) is 14.1. The first-order chi connectivity index (χ1) is 11.7. The Morgan fingerprint density at radius 2 is 1.83 bits per heavy atom. The summed E-state index contributed by atoms with van der Waals surface area (Å²) >= 11 is 0. The summed E-state index contributed by atoms with van der Waals surface area (Å²) in [7, 11) is 2.13. The average Bonchev–Trinajstić information content (AvgIpc) is 3.26. The second-order valence-electron chi connectivity index (χ2n) is 6.61. The molecule has 2 aliphatic rings. The van der Waals surface area contributed by atoms with E-state index >= 15 is 0 Å². The molecule has 0 saturated carbocycles. The molecule has 0 aliphatic carbocycles. The molecule has 0 radical (unpaired) electrons. The predicted molar refractivity (Wildman–Crippen MR) is 90.8 cm³/mol. The first-order valence-corrected chi connectivity index (χ1v) is 8.60. The van der Waals surface area contributed by atoms with Crippen molar-refractivity contribution in [3.63, 3.8) is 0 Å². The van der Waals surface area contributed by atoms with E-state index in [2.05, 4.69) is 31.9 Å². The highest BCUT2D eigenvalue weighted by atomic mass is 16.2. The molecule has 4 heterocycles. The third-order valence-corrected chi connectivity index (χ3v) is 4.96. The molecule has 0 N–H and O–H groups in total. The van der Waals surface area contributed by atoms with Gasteiger partial charge in [-0.3, -0.25) is 4.79 Å². The first kappa shape index (κ1) is 15.3. The molecule has 2 aromatic heterocycles. The zero-order valence-corrected chi connectivity index (χ0v) is 14.1. The van der Waals surface area contributed by atoms with Crippen LogP contribution in [0.5, 0.6) is 0 Å². The third-order valence-electron chi connectivity index (χ3n) is 4.96. The molecule has 24 heavy (non-hydrogen) atoms. The van der Waals surface area contributed by atoms with Crippen molar-refractivity contribution in [1.82, 2.24) is 29.5 Å². The zero-order chi connectivity index (χ0) is 16.5. The van der Waals surface area contributed by atoms with Crippen molar-refractivity contribution >= 4 is 22.8 Å².